The first-order valence-corrected chi connectivity index (χ1v) is 6.27. The average molecular weight is 300 g/mol. The second-order valence-electron chi connectivity index (χ2n) is 4.68. The molecule has 1 unspecified atom stereocenters. The van der Waals surface area contributed by atoms with Gasteiger partial charge in [0.2, 0.25) is 11.8 Å². The third kappa shape index (κ3) is 5.59. The Morgan fingerprint density at radius 1 is 1.20 bits per heavy atom. The van der Waals surface area contributed by atoms with Crippen LogP contribution in [0.2, 0.25) is 0 Å². The lowest BCUT2D eigenvalue weighted by atomic mass is 10.1. The van der Waals surface area contributed by atoms with Crippen LogP contribution in [-0.2, 0) is 9.59 Å². The van der Waals surface area contributed by atoms with Gasteiger partial charge in [-0.3, -0.25) is 9.59 Å². The van der Waals surface area contributed by atoms with Gasteiger partial charge in [-0.05, 0) is 31.7 Å². The summed E-state index contributed by atoms with van der Waals surface area (Å²) in [4.78, 5) is 23.1. The summed E-state index contributed by atoms with van der Waals surface area (Å²) in [5, 5.41) is 8.52. The number of carbonyl (C=O) groups excluding carboxylic acids is 2. The van der Waals surface area contributed by atoms with Crippen molar-refractivity contribution in [3.63, 3.8) is 0 Å². The number of carbonyl (C=O) groups is 2. The van der Waals surface area contributed by atoms with Gasteiger partial charge >= 0.3 is 0 Å². The molecule has 0 radical (unpaired) electrons. The van der Waals surface area contributed by atoms with E-state index in [0.717, 1.165) is 5.56 Å². The Morgan fingerprint density at radius 2 is 1.85 bits per heavy atom. The second kappa shape index (κ2) is 8.55. The highest BCUT2D eigenvalue weighted by atomic mass is 35.5. The molecule has 112 valence electrons. The molecule has 1 aromatic carbocycles. The molecule has 0 fully saturated rings. The number of aryl methyl sites for hydroxylation is 1. The Labute approximate surface area is 125 Å². The standard InChI is InChI=1S/C14H21N3O2.ClH/c1-9-5-6-12(16-11(3)18)13(7-9)17-14(19)10(2)8-15-4;/h5-7,10,15H,8H2,1-4H3,(H,16,18)(H,17,19);1H. The maximum Gasteiger partial charge on any atom is 0.228 e. The molecule has 5 nitrogen and oxygen atoms in total. The Bertz CT molecular complexity index is 477. The van der Waals surface area contributed by atoms with Crippen LogP contribution in [0.15, 0.2) is 18.2 Å². The molecule has 0 aliphatic heterocycles. The van der Waals surface area contributed by atoms with Crippen LogP contribution in [0, 0.1) is 12.8 Å². The van der Waals surface area contributed by atoms with E-state index in [4.69, 9.17) is 0 Å². The van der Waals surface area contributed by atoms with E-state index in [-0.39, 0.29) is 30.1 Å². The SMILES string of the molecule is CNCC(C)C(=O)Nc1cc(C)ccc1NC(C)=O.Cl. The zero-order chi connectivity index (χ0) is 14.4. The number of nitrogens with one attached hydrogen (secondary N) is 3. The summed E-state index contributed by atoms with van der Waals surface area (Å²) in [5.74, 6) is -0.384. The summed E-state index contributed by atoms with van der Waals surface area (Å²) in [6.45, 7) is 5.83. The van der Waals surface area contributed by atoms with Crippen molar-refractivity contribution in [3.05, 3.63) is 23.8 Å². The number of hydrogen-bond acceptors (Lipinski definition) is 3. The Balaban J connectivity index is 0.00000361. The zero-order valence-corrected chi connectivity index (χ0v) is 13.1. The first-order chi connectivity index (χ1) is 8.93. The van der Waals surface area contributed by atoms with Crippen molar-refractivity contribution in [1.82, 2.24) is 5.32 Å². The minimum Gasteiger partial charge on any atom is -0.325 e. The lowest BCUT2D eigenvalue weighted by Crippen LogP contribution is -2.29. The molecule has 0 aromatic heterocycles. The summed E-state index contributed by atoms with van der Waals surface area (Å²) in [6.07, 6.45) is 0. The summed E-state index contributed by atoms with van der Waals surface area (Å²) in [7, 11) is 1.80. The van der Waals surface area contributed by atoms with Crippen LogP contribution in [0.4, 0.5) is 11.4 Å². The van der Waals surface area contributed by atoms with E-state index < -0.39 is 0 Å². The largest absolute Gasteiger partial charge is 0.325 e. The molecule has 1 atom stereocenters. The van der Waals surface area contributed by atoms with Crippen molar-refractivity contribution in [2.24, 2.45) is 5.92 Å². The first-order valence-electron chi connectivity index (χ1n) is 6.27. The molecule has 0 saturated heterocycles. The van der Waals surface area contributed by atoms with Gasteiger partial charge in [0.1, 0.15) is 0 Å². The topological polar surface area (TPSA) is 70.2 Å². The number of halogens is 1. The number of anilines is 2. The van der Waals surface area contributed by atoms with E-state index in [1.165, 1.54) is 6.92 Å². The molecule has 0 heterocycles. The summed E-state index contributed by atoms with van der Waals surface area (Å²) in [6, 6.07) is 5.52. The second-order valence-corrected chi connectivity index (χ2v) is 4.68. The number of rotatable bonds is 5. The Morgan fingerprint density at radius 3 is 2.40 bits per heavy atom. The van der Waals surface area contributed by atoms with Gasteiger partial charge in [0, 0.05) is 19.4 Å². The molecule has 6 heteroatoms. The fourth-order valence-electron chi connectivity index (χ4n) is 1.71. The quantitative estimate of drug-likeness (QED) is 0.780. The lowest BCUT2D eigenvalue weighted by Gasteiger charge is -2.15. The monoisotopic (exact) mass is 299 g/mol. The van der Waals surface area contributed by atoms with Crippen molar-refractivity contribution in [3.8, 4) is 0 Å². The predicted octanol–water partition coefficient (Wildman–Crippen LogP) is 2.17. The first kappa shape index (κ1) is 18.4. The minimum atomic E-state index is -0.164. The molecule has 1 rings (SSSR count). The van der Waals surface area contributed by atoms with Gasteiger partial charge < -0.3 is 16.0 Å². The highest BCUT2D eigenvalue weighted by Gasteiger charge is 2.14. The van der Waals surface area contributed by atoms with Gasteiger partial charge in [-0.1, -0.05) is 13.0 Å². The van der Waals surface area contributed by atoms with E-state index in [9.17, 15) is 9.59 Å². The fraction of sp³-hybridized carbons (Fsp3) is 0.429. The zero-order valence-electron chi connectivity index (χ0n) is 12.2. The van der Waals surface area contributed by atoms with Crippen molar-refractivity contribution < 1.29 is 9.59 Å². The van der Waals surface area contributed by atoms with Gasteiger partial charge in [-0.15, -0.1) is 12.4 Å². The molecule has 3 N–H and O–H groups in total. The van der Waals surface area contributed by atoms with Crippen LogP contribution < -0.4 is 16.0 Å². The van der Waals surface area contributed by atoms with Crippen LogP contribution in [0.1, 0.15) is 19.4 Å². The van der Waals surface area contributed by atoms with E-state index in [0.29, 0.717) is 17.9 Å². The molecule has 2 amide bonds. The molecule has 1 aromatic rings. The van der Waals surface area contributed by atoms with Gasteiger partial charge in [0.15, 0.2) is 0 Å². The summed E-state index contributed by atoms with van der Waals surface area (Å²) >= 11 is 0. The molecule has 0 spiro atoms. The van der Waals surface area contributed by atoms with Crippen LogP contribution in [0.3, 0.4) is 0 Å². The lowest BCUT2D eigenvalue weighted by molar-refractivity contribution is -0.119. The normalized spacial score (nSPS) is 11.2. The molecular weight excluding hydrogens is 278 g/mol. The highest BCUT2D eigenvalue weighted by Crippen LogP contribution is 2.23. The van der Waals surface area contributed by atoms with Gasteiger partial charge in [-0.2, -0.15) is 0 Å². The molecule has 0 saturated carbocycles. The van der Waals surface area contributed by atoms with Crippen molar-refractivity contribution in [1.29, 1.82) is 0 Å². The van der Waals surface area contributed by atoms with Crippen LogP contribution >= 0.6 is 12.4 Å². The van der Waals surface area contributed by atoms with Crippen LogP contribution in [0.5, 0.6) is 0 Å². The van der Waals surface area contributed by atoms with Crippen molar-refractivity contribution in [2.45, 2.75) is 20.8 Å². The Kier molecular flexibility index (Phi) is 7.87. The van der Waals surface area contributed by atoms with Crippen LogP contribution in [-0.4, -0.2) is 25.4 Å². The molecule has 0 aliphatic carbocycles. The predicted molar refractivity (Wildman–Crippen MR) is 84.5 cm³/mol. The van der Waals surface area contributed by atoms with E-state index in [1.807, 2.05) is 26.0 Å². The van der Waals surface area contributed by atoms with Gasteiger partial charge in [0.05, 0.1) is 11.4 Å². The number of hydrogen-bond donors (Lipinski definition) is 3. The van der Waals surface area contributed by atoms with E-state index in [2.05, 4.69) is 16.0 Å². The van der Waals surface area contributed by atoms with E-state index in [1.54, 1.807) is 13.1 Å². The highest BCUT2D eigenvalue weighted by molar-refractivity contribution is 5.99. The van der Waals surface area contributed by atoms with Crippen molar-refractivity contribution >= 4 is 35.6 Å². The van der Waals surface area contributed by atoms with Crippen LogP contribution in [0.25, 0.3) is 0 Å². The number of amides is 2. The van der Waals surface area contributed by atoms with Gasteiger partial charge in [-0.25, -0.2) is 0 Å². The third-order valence-corrected chi connectivity index (χ3v) is 2.70. The van der Waals surface area contributed by atoms with E-state index >= 15 is 0 Å². The average Bonchev–Trinajstić information content (AvgIpc) is 2.32. The maximum absolute atomic E-state index is 12.0. The fourth-order valence-corrected chi connectivity index (χ4v) is 1.71. The van der Waals surface area contributed by atoms with Gasteiger partial charge in [0.25, 0.3) is 0 Å². The molecule has 20 heavy (non-hydrogen) atoms. The molecule has 0 bridgehead atoms. The summed E-state index contributed by atoms with van der Waals surface area (Å²) in [5.41, 5.74) is 2.26. The third-order valence-electron chi connectivity index (χ3n) is 2.70. The Hall–Kier alpha value is -1.59. The molecular formula is C14H22ClN3O2. The molecule has 0 aliphatic rings. The van der Waals surface area contributed by atoms with Crippen molar-refractivity contribution in [2.75, 3.05) is 24.2 Å². The minimum absolute atomic E-state index is 0. The smallest absolute Gasteiger partial charge is 0.228 e. The maximum atomic E-state index is 12.0. The summed E-state index contributed by atoms with van der Waals surface area (Å²) < 4.78 is 0. The number of benzene rings is 1.